The molecule has 0 aliphatic rings. The van der Waals surface area contributed by atoms with Crippen molar-refractivity contribution in [1.29, 1.82) is 0 Å². The van der Waals surface area contributed by atoms with Crippen LogP contribution in [0.2, 0.25) is 0 Å². The second kappa shape index (κ2) is 8.57. The Morgan fingerprint density at radius 3 is 2.71 bits per heavy atom. The number of nitrogens with zero attached hydrogens (tertiary/aromatic N) is 5. The molecule has 3 rings (SSSR count). The fraction of sp³-hybridized carbons (Fsp3) is 0.571. The number of hydrogen-bond acceptors (Lipinski definition) is 6. The first-order chi connectivity index (χ1) is 13.4. The van der Waals surface area contributed by atoms with Crippen LogP contribution in [0.25, 0.3) is 11.7 Å². The van der Waals surface area contributed by atoms with Gasteiger partial charge in [-0.3, -0.25) is 0 Å². The number of rotatable bonds is 9. The van der Waals surface area contributed by atoms with E-state index in [2.05, 4.69) is 61.0 Å². The normalized spacial score (nSPS) is 13.0. The van der Waals surface area contributed by atoms with Gasteiger partial charge in [0.2, 0.25) is 0 Å². The first kappa shape index (κ1) is 20.7. The molecule has 3 heterocycles. The first-order valence-corrected chi connectivity index (χ1v) is 10.8. The Kier molecular flexibility index (Phi) is 6.35. The highest BCUT2D eigenvalue weighted by Gasteiger charge is 2.28. The molecule has 0 amide bonds. The zero-order chi connectivity index (χ0) is 20.3. The van der Waals surface area contributed by atoms with Gasteiger partial charge in [-0.1, -0.05) is 27.2 Å². The molecule has 3 aromatic rings. The summed E-state index contributed by atoms with van der Waals surface area (Å²) in [5.41, 5.74) is 1.52. The van der Waals surface area contributed by atoms with Crippen LogP contribution in [0.15, 0.2) is 12.1 Å². The number of hydrogen-bond donors (Lipinski definition) is 0. The molecule has 0 radical (unpaired) electrons. The van der Waals surface area contributed by atoms with E-state index in [1.807, 2.05) is 22.8 Å². The van der Waals surface area contributed by atoms with Crippen molar-refractivity contribution in [3.8, 4) is 0 Å². The number of methoxy groups -OCH3 is 1. The van der Waals surface area contributed by atoms with Crippen molar-refractivity contribution in [3.63, 3.8) is 0 Å². The van der Waals surface area contributed by atoms with E-state index in [1.165, 1.54) is 22.7 Å². The van der Waals surface area contributed by atoms with Crippen molar-refractivity contribution in [2.75, 3.05) is 31.7 Å². The lowest BCUT2D eigenvalue weighted by Crippen LogP contribution is -2.26. The molecule has 0 spiro atoms. The van der Waals surface area contributed by atoms with Crippen LogP contribution in [-0.4, -0.2) is 46.6 Å². The van der Waals surface area contributed by atoms with Crippen LogP contribution < -0.4 is 10.1 Å². The molecule has 152 valence electrons. The van der Waals surface area contributed by atoms with E-state index < -0.39 is 0 Å². The van der Waals surface area contributed by atoms with E-state index >= 15 is 0 Å². The lowest BCUT2D eigenvalue weighted by atomic mass is 9.94. The first-order valence-electron chi connectivity index (χ1n) is 9.99. The van der Waals surface area contributed by atoms with E-state index in [9.17, 15) is 0 Å². The maximum atomic E-state index is 5.36. The number of aryl methyl sites for hydroxylation is 1. The molecule has 28 heavy (non-hydrogen) atoms. The molecule has 0 aliphatic carbocycles. The topological polar surface area (TPSA) is 55.6 Å². The van der Waals surface area contributed by atoms with Crippen LogP contribution in [0.3, 0.4) is 0 Å². The molecule has 0 N–H and O–H groups in total. The Hall–Kier alpha value is -1.99. The standard InChI is InChI=1S/C21H31N5OS/c1-7-9-12-25(8-2)18-11-10-16(28-18)13-17-15(3)24-26-19(17)22-23-20(26)21(4,5)14-27-6/h10-11,13H,7-9,12,14H2,1-6H3/b17-13-. The maximum Gasteiger partial charge on any atom is 0.187 e. The number of anilines is 1. The average molecular weight is 402 g/mol. The zero-order valence-corrected chi connectivity index (χ0v) is 18.6. The van der Waals surface area contributed by atoms with Gasteiger partial charge in [-0.25, -0.2) is 0 Å². The molecular formula is C21H31N5OS. The highest BCUT2D eigenvalue weighted by Crippen LogP contribution is 2.27. The van der Waals surface area contributed by atoms with Crippen LogP contribution in [0, 0.1) is 6.92 Å². The molecule has 0 unspecified atom stereocenters. The Morgan fingerprint density at radius 2 is 2.04 bits per heavy atom. The van der Waals surface area contributed by atoms with Gasteiger partial charge < -0.3 is 9.64 Å². The summed E-state index contributed by atoms with van der Waals surface area (Å²) in [4.78, 5) is 3.66. The lowest BCUT2D eigenvalue weighted by molar-refractivity contribution is 0.141. The quantitative estimate of drug-likeness (QED) is 0.548. The van der Waals surface area contributed by atoms with E-state index in [0.29, 0.717) is 6.61 Å². The predicted molar refractivity (Wildman–Crippen MR) is 116 cm³/mol. The second-order valence-electron chi connectivity index (χ2n) is 7.83. The summed E-state index contributed by atoms with van der Waals surface area (Å²) < 4.78 is 7.23. The number of aromatic nitrogens is 4. The highest BCUT2D eigenvalue weighted by atomic mass is 32.1. The van der Waals surface area contributed by atoms with E-state index in [1.54, 1.807) is 7.11 Å². The van der Waals surface area contributed by atoms with Crippen molar-refractivity contribution in [1.82, 2.24) is 19.8 Å². The Labute approximate surface area is 171 Å². The van der Waals surface area contributed by atoms with Gasteiger partial charge in [0.05, 0.1) is 22.7 Å². The van der Waals surface area contributed by atoms with Gasteiger partial charge in [0, 0.05) is 30.3 Å². The van der Waals surface area contributed by atoms with Gasteiger partial charge in [-0.15, -0.1) is 21.5 Å². The summed E-state index contributed by atoms with van der Waals surface area (Å²) in [7, 11) is 1.71. The minimum Gasteiger partial charge on any atom is -0.384 e. The van der Waals surface area contributed by atoms with Gasteiger partial charge in [0.15, 0.2) is 11.5 Å². The van der Waals surface area contributed by atoms with Crippen LogP contribution in [0.5, 0.6) is 0 Å². The molecule has 6 nitrogen and oxygen atoms in total. The molecule has 0 aromatic carbocycles. The summed E-state index contributed by atoms with van der Waals surface area (Å²) in [6, 6.07) is 4.40. The summed E-state index contributed by atoms with van der Waals surface area (Å²) >= 11 is 1.82. The highest BCUT2D eigenvalue weighted by molar-refractivity contribution is 7.16. The monoisotopic (exact) mass is 401 g/mol. The maximum absolute atomic E-state index is 5.36. The molecule has 0 fully saturated rings. The van der Waals surface area contributed by atoms with Gasteiger partial charge in [-0.2, -0.15) is 9.61 Å². The number of unbranched alkanes of at least 4 members (excludes halogenated alkanes) is 1. The van der Waals surface area contributed by atoms with Crippen LogP contribution in [0.1, 0.15) is 56.9 Å². The fourth-order valence-electron chi connectivity index (χ4n) is 3.43. The van der Waals surface area contributed by atoms with Crippen molar-refractivity contribution in [2.24, 2.45) is 0 Å². The SMILES string of the molecule is CCCCN(CC)c1ccc(/C=c2/c(C)nn3c(C(C)(C)COC)nnc23)s1. The van der Waals surface area contributed by atoms with Crippen LogP contribution >= 0.6 is 11.3 Å². The number of ether oxygens (including phenoxy) is 1. The number of fused-ring (bicyclic) bond motifs is 1. The van der Waals surface area contributed by atoms with Gasteiger partial charge in [0.25, 0.3) is 0 Å². The largest absolute Gasteiger partial charge is 0.384 e. The predicted octanol–water partition coefficient (Wildman–Crippen LogP) is 3.59. The van der Waals surface area contributed by atoms with E-state index in [0.717, 1.165) is 35.5 Å². The summed E-state index contributed by atoms with van der Waals surface area (Å²) in [5, 5.41) is 15.9. The third-order valence-electron chi connectivity index (χ3n) is 5.01. The molecule has 0 atom stereocenters. The van der Waals surface area contributed by atoms with Gasteiger partial charge in [0.1, 0.15) is 0 Å². The third kappa shape index (κ3) is 4.05. The lowest BCUT2D eigenvalue weighted by Gasteiger charge is -2.20. The summed E-state index contributed by atoms with van der Waals surface area (Å²) in [6.45, 7) is 13.4. The Bertz CT molecular complexity index is 975. The van der Waals surface area contributed by atoms with E-state index in [-0.39, 0.29) is 5.41 Å². The Balaban J connectivity index is 1.97. The van der Waals surface area contributed by atoms with Crippen molar-refractivity contribution in [2.45, 2.75) is 52.9 Å². The molecule has 7 heteroatoms. The Morgan fingerprint density at radius 1 is 1.25 bits per heavy atom. The molecule has 0 aliphatic heterocycles. The van der Waals surface area contributed by atoms with Crippen LogP contribution in [-0.2, 0) is 10.2 Å². The molecule has 3 aromatic heterocycles. The second-order valence-corrected chi connectivity index (χ2v) is 8.92. The zero-order valence-electron chi connectivity index (χ0n) is 17.8. The summed E-state index contributed by atoms with van der Waals surface area (Å²) in [5.74, 6) is 0.829. The van der Waals surface area contributed by atoms with Crippen molar-refractivity contribution in [3.05, 3.63) is 33.7 Å². The van der Waals surface area contributed by atoms with Gasteiger partial charge >= 0.3 is 0 Å². The fourth-order valence-corrected chi connectivity index (χ4v) is 4.47. The van der Waals surface area contributed by atoms with Crippen molar-refractivity contribution >= 4 is 28.1 Å². The third-order valence-corrected chi connectivity index (χ3v) is 6.10. The molecule has 0 saturated carbocycles. The van der Waals surface area contributed by atoms with Crippen LogP contribution in [0.4, 0.5) is 5.00 Å². The average Bonchev–Trinajstić information content (AvgIpc) is 3.34. The van der Waals surface area contributed by atoms with E-state index in [4.69, 9.17) is 9.84 Å². The molecule has 0 saturated heterocycles. The smallest absolute Gasteiger partial charge is 0.187 e. The minimum absolute atomic E-state index is 0.254. The minimum atomic E-state index is -0.254. The van der Waals surface area contributed by atoms with Crippen molar-refractivity contribution < 1.29 is 4.74 Å². The van der Waals surface area contributed by atoms with Gasteiger partial charge in [-0.05, 0) is 38.5 Å². The molecular weight excluding hydrogens is 370 g/mol. The summed E-state index contributed by atoms with van der Waals surface area (Å²) in [6.07, 6.45) is 4.62. The number of thiophene rings is 1. The molecule has 0 bridgehead atoms.